The van der Waals surface area contributed by atoms with Crippen LogP contribution in [0.3, 0.4) is 0 Å². The highest BCUT2D eigenvalue weighted by Gasteiger charge is 2.20. The maximum atomic E-state index is 2.32. The van der Waals surface area contributed by atoms with Gasteiger partial charge in [0.15, 0.2) is 0 Å². The zero-order valence-electron chi connectivity index (χ0n) is 10.0. The molecule has 0 saturated heterocycles. The highest BCUT2D eigenvalue weighted by atomic mass is 14.2. The molecule has 0 spiro atoms. The number of hydrogen-bond acceptors (Lipinski definition) is 0. The molecule has 0 aliphatic carbocycles. The largest absolute Gasteiger partial charge is 0.0622 e. The molecule has 0 amide bonds. The first-order valence-electron chi connectivity index (χ1n) is 5.59. The third-order valence-electron chi connectivity index (χ3n) is 2.98. The lowest BCUT2D eigenvalue weighted by Crippen LogP contribution is -2.14. The summed E-state index contributed by atoms with van der Waals surface area (Å²) in [6, 6.07) is 8.77. The molecule has 0 atom stereocenters. The SMILES string of the molecule is Cc1ccccc1C(C(C)C)C(C)C. The summed E-state index contributed by atoms with van der Waals surface area (Å²) in [6.45, 7) is 11.5. The Labute approximate surface area is 88.4 Å². The van der Waals surface area contributed by atoms with Crippen LogP contribution in [0, 0.1) is 18.8 Å². The smallest absolute Gasteiger partial charge is 0.0113 e. The number of benzene rings is 1. The molecule has 0 fully saturated rings. The van der Waals surface area contributed by atoms with Crippen molar-refractivity contribution in [1.29, 1.82) is 0 Å². The summed E-state index contributed by atoms with van der Waals surface area (Å²) in [5.41, 5.74) is 2.96. The normalized spacial score (nSPS) is 11.7. The van der Waals surface area contributed by atoms with Crippen LogP contribution in [0.1, 0.15) is 44.7 Å². The van der Waals surface area contributed by atoms with Crippen molar-refractivity contribution in [1.82, 2.24) is 0 Å². The van der Waals surface area contributed by atoms with Gasteiger partial charge in [-0.05, 0) is 35.8 Å². The van der Waals surface area contributed by atoms with Crippen molar-refractivity contribution in [3.63, 3.8) is 0 Å². The van der Waals surface area contributed by atoms with Crippen molar-refractivity contribution in [2.24, 2.45) is 11.8 Å². The summed E-state index contributed by atoms with van der Waals surface area (Å²) in [5, 5.41) is 0. The lowest BCUT2D eigenvalue weighted by Gasteiger charge is -2.26. The van der Waals surface area contributed by atoms with Crippen molar-refractivity contribution >= 4 is 0 Å². The van der Waals surface area contributed by atoms with Crippen LogP contribution in [0.25, 0.3) is 0 Å². The van der Waals surface area contributed by atoms with Gasteiger partial charge in [0, 0.05) is 0 Å². The van der Waals surface area contributed by atoms with E-state index in [0.29, 0.717) is 5.92 Å². The lowest BCUT2D eigenvalue weighted by molar-refractivity contribution is 0.386. The fourth-order valence-corrected chi connectivity index (χ4v) is 2.45. The molecule has 1 aromatic carbocycles. The average molecular weight is 190 g/mol. The number of hydrogen-bond donors (Lipinski definition) is 0. The van der Waals surface area contributed by atoms with Gasteiger partial charge >= 0.3 is 0 Å². The Bertz CT molecular complexity index is 276. The van der Waals surface area contributed by atoms with Crippen LogP contribution >= 0.6 is 0 Å². The molecule has 0 aliphatic rings. The van der Waals surface area contributed by atoms with Crippen molar-refractivity contribution in [3.05, 3.63) is 35.4 Å². The lowest BCUT2D eigenvalue weighted by atomic mass is 9.78. The van der Waals surface area contributed by atoms with Crippen LogP contribution in [-0.4, -0.2) is 0 Å². The molecule has 78 valence electrons. The maximum absolute atomic E-state index is 2.32. The Balaban J connectivity index is 3.05. The topological polar surface area (TPSA) is 0 Å². The molecule has 0 N–H and O–H groups in total. The molecule has 0 radical (unpaired) electrons. The molecule has 1 rings (SSSR count). The summed E-state index contributed by atoms with van der Waals surface area (Å²) in [7, 11) is 0. The second-order valence-electron chi connectivity index (χ2n) is 4.87. The first-order valence-corrected chi connectivity index (χ1v) is 5.59. The summed E-state index contributed by atoms with van der Waals surface area (Å²) < 4.78 is 0. The van der Waals surface area contributed by atoms with E-state index in [1.165, 1.54) is 11.1 Å². The predicted molar refractivity (Wildman–Crippen MR) is 63.6 cm³/mol. The standard InChI is InChI=1S/C14H22/c1-10(2)14(11(3)4)13-9-7-6-8-12(13)5/h6-11,14H,1-5H3. The first-order chi connectivity index (χ1) is 6.54. The average Bonchev–Trinajstić information content (AvgIpc) is 2.07. The van der Waals surface area contributed by atoms with Crippen LogP contribution in [0.2, 0.25) is 0 Å². The highest BCUT2D eigenvalue weighted by Crippen LogP contribution is 2.33. The van der Waals surface area contributed by atoms with E-state index in [1.54, 1.807) is 0 Å². The van der Waals surface area contributed by atoms with E-state index in [0.717, 1.165) is 11.8 Å². The van der Waals surface area contributed by atoms with Gasteiger partial charge < -0.3 is 0 Å². The van der Waals surface area contributed by atoms with E-state index < -0.39 is 0 Å². The molecule has 0 aromatic heterocycles. The molecule has 0 heterocycles. The van der Waals surface area contributed by atoms with Gasteiger partial charge in [0.25, 0.3) is 0 Å². The van der Waals surface area contributed by atoms with E-state index in [2.05, 4.69) is 58.9 Å². The van der Waals surface area contributed by atoms with Gasteiger partial charge in [0.2, 0.25) is 0 Å². The fraction of sp³-hybridized carbons (Fsp3) is 0.571. The minimum absolute atomic E-state index is 0.691. The zero-order chi connectivity index (χ0) is 10.7. The second-order valence-corrected chi connectivity index (χ2v) is 4.87. The van der Waals surface area contributed by atoms with Gasteiger partial charge in [-0.2, -0.15) is 0 Å². The van der Waals surface area contributed by atoms with Crippen LogP contribution in [0.5, 0.6) is 0 Å². The Morgan fingerprint density at radius 3 is 1.79 bits per heavy atom. The third-order valence-corrected chi connectivity index (χ3v) is 2.98. The monoisotopic (exact) mass is 190 g/mol. The molecular weight excluding hydrogens is 168 g/mol. The van der Waals surface area contributed by atoms with Gasteiger partial charge in [0.05, 0.1) is 0 Å². The van der Waals surface area contributed by atoms with Crippen molar-refractivity contribution in [3.8, 4) is 0 Å². The molecule has 14 heavy (non-hydrogen) atoms. The minimum Gasteiger partial charge on any atom is -0.0622 e. The molecular formula is C14H22. The van der Waals surface area contributed by atoms with Crippen LogP contribution < -0.4 is 0 Å². The van der Waals surface area contributed by atoms with E-state index in [4.69, 9.17) is 0 Å². The predicted octanol–water partition coefficient (Wildman–Crippen LogP) is 4.39. The van der Waals surface area contributed by atoms with E-state index in [-0.39, 0.29) is 0 Å². The van der Waals surface area contributed by atoms with Crippen LogP contribution in [0.4, 0.5) is 0 Å². The van der Waals surface area contributed by atoms with E-state index in [9.17, 15) is 0 Å². The second kappa shape index (κ2) is 4.63. The Morgan fingerprint density at radius 2 is 1.36 bits per heavy atom. The van der Waals surface area contributed by atoms with Gasteiger partial charge in [0.1, 0.15) is 0 Å². The third kappa shape index (κ3) is 2.37. The van der Waals surface area contributed by atoms with Gasteiger partial charge in [-0.25, -0.2) is 0 Å². The summed E-state index contributed by atoms with van der Waals surface area (Å²) in [6.07, 6.45) is 0. The van der Waals surface area contributed by atoms with Crippen molar-refractivity contribution in [2.75, 3.05) is 0 Å². The zero-order valence-corrected chi connectivity index (χ0v) is 10.0. The molecule has 0 saturated carbocycles. The molecule has 1 aromatic rings. The van der Waals surface area contributed by atoms with E-state index >= 15 is 0 Å². The summed E-state index contributed by atoms with van der Waals surface area (Å²) in [5.74, 6) is 2.13. The Morgan fingerprint density at radius 1 is 0.857 bits per heavy atom. The van der Waals surface area contributed by atoms with Crippen molar-refractivity contribution < 1.29 is 0 Å². The summed E-state index contributed by atoms with van der Waals surface area (Å²) >= 11 is 0. The maximum Gasteiger partial charge on any atom is -0.0113 e. The molecule has 0 nitrogen and oxygen atoms in total. The fourth-order valence-electron chi connectivity index (χ4n) is 2.45. The van der Waals surface area contributed by atoms with Crippen LogP contribution in [-0.2, 0) is 0 Å². The quantitative estimate of drug-likeness (QED) is 0.663. The van der Waals surface area contributed by atoms with Gasteiger partial charge in [-0.3, -0.25) is 0 Å². The first kappa shape index (κ1) is 11.3. The van der Waals surface area contributed by atoms with Gasteiger partial charge in [-0.15, -0.1) is 0 Å². The van der Waals surface area contributed by atoms with Gasteiger partial charge in [-0.1, -0.05) is 52.0 Å². The summed E-state index contributed by atoms with van der Waals surface area (Å²) in [4.78, 5) is 0. The Kier molecular flexibility index (Phi) is 3.74. The molecule has 0 aliphatic heterocycles. The van der Waals surface area contributed by atoms with Crippen molar-refractivity contribution in [2.45, 2.75) is 40.5 Å². The number of aryl methyl sites for hydroxylation is 1. The molecule has 0 heteroatoms. The Hall–Kier alpha value is -0.780. The minimum atomic E-state index is 0.691. The molecule has 0 unspecified atom stereocenters. The molecule has 0 bridgehead atoms. The van der Waals surface area contributed by atoms with Crippen LogP contribution in [0.15, 0.2) is 24.3 Å². The number of rotatable bonds is 3. The van der Waals surface area contributed by atoms with E-state index in [1.807, 2.05) is 0 Å². The highest BCUT2D eigenvalue weighted by molar-refractivity contribution is 5.29.